The molecule has 1 aliphatic carbocycles. The zero-order valence-electron chi connectivity index (χ0n) is 13.6. The van der Waals surface area contributed by atoms with Crippen molar-refractivity contribution in [3.8, 4) is 0 Å². The summed E-state index contributed by atoms with van der Waals surface area (Å²) in [6.45, 7) is 9.75. The first kappa shape index (κ1) is 16.3. The summed E-state index contributed by atoms with van der Waals surface area (Å²) in [7, 11) is 0. The van der Waals surface area contributed by atoms with Crippen molar-refractivity contribution in [3.63, 3.8) is 0 Å². The smallest absolute Gasteiger partial charge is 0.0477 e. The van der Waals surface area contributed by atoms with E-state index in [0.717, 1.165) is 44.7 Å². The Hall–Kier alpha value is -0.120. The van der Waals surface area contributed by atoms with Crippen LogP contribution in [0.4, 0.5) is 0 Å². The summed E-state index contributed by atoms with van der Waals surface area (Å²) in [5.41, 5.74) is 0. The van der Waals surface area contributed by atoms with Crippen LogP contribution in [0.2, 0.25) is 0 Å². The van der Waals surface area contributed by atoms with Gasteiger partial charge in [-0.15, -0.1) is 0 Å². The van der Waals surface area contributed by atoms with E-state index in [9.17, 15) is 0 Å². The van der Waals surface area contributed by atoms with Crippen LogP contribution in [-0.4, -0.2) is 49.8 Å². The number of hydrogen-bond donors (Lipinski definition) is 1. The lowest BCUT2D eigenvalue weighted by Crippen LogP contribution is -2.45. The Kier molecular flexibility index (Phi) is 7.32. The number of nitrogens with zero attached hydrogens (tertiary/aromatic N) is 1. The van der Waals surface area contributed by atoms with Crippen LogP contribution in [0.25, 0.3) is 0 Å². The van der Waals surface area contributed by atoms with E-state index in [1.165, 1.54) is 45.1 Å². The minimum absolute atomic E-state index is 0.690. The van der Waals surface area contributed by atoms with E-state index in [4.69, 9.17) is 4.74 Å². The molecule has 0 radical (unpaired) electrons. The summed E-state index contributed by atoms with van der Waals surface area (Å²) in [6.07, 6.45) is 9.89. The summed E-state index contributed by atoms with van der Waals surface area (Å²) >= 11 is 0. The molecule has 1 saturated heterocycles. The van der Waals surface area contributed by atoms with Gasteiger partial charge in [0.25, 0.3) is 0 Å². The highest BCUT2D eigenvalue weighted by atomic mass is 16.5. The molecular weight excluding hydrogens is 248 g/mol. The summed E-state index contributed by atoms with van der Waals surface area (Å²) in [6, 6.07) is 1.58. The van der Waals surface area contributed by atoms with Gasteiger partial charge in [-0.1, -0.05) is 12.8 Å². The lowest BCUT2D eigenvalue weighted by atomic mass is 9.95. The van der Waals surface area contributed by atoms with E-state index in [1.807, 2.05) is 0 Å². The van der Waals surface area contributed by atoms with Gasteiger partial charge < -0.3 is 10.1 Å². The van der Waals surface area contributed by atoms with Crippen LogP contribution < -0.4 is 5.32 Å². The van der Waals surface area contributed by atoms with Crippen molar-refractivity contribution in [2.24, 2.45) is 5.92 Å². The van der Waals surface area contributed by atoms with Crippen LogP contribution in [0.15, 0.2) is 0 Å². The Bertz CT molecular complexity index is 253. The molecule has 1 aliphatic heterocycles. The molecule has 20 heavy (non-hydrogen) atoms. The van der Waals surface area contributed by atoms with Gasteiger partial charge >= 0.3 is 0 Å². The quantitative estimate of drug-likeness (QED) is 0.658. The molecule has 2 aliphatic rings. The maximum atomic E-state index is 5.37. The second-order valence-corrected chi connectivity index (χ2v) is 6.60. The van der Waals surface area contributed by atoms with Crippen LogP contribution in [0.5, 0.6) is 0 Å². The van der Waals surface area contributed by atoms with Crippen molar-refractivity contribution in [3.05, 3.63) is 0 Å². The third-order valence-corrected chi connectivity index (χ3v) is 5.14. The fourth-order valence-corrected chi connectivity index (χ4v) is 4.08. The molecule has 0 amide bonds. The summed E-state index contributed by atoms with van der Waals surface area (Å²) < 4.78 is 5.37. The fourth-order valence-electron chi connectivity index (χ4n) is 4.08. The van der Waals surface area contributed by atoms with Crippen LogP contribution in [0.3, 0.4) is 0 Å². The summed E-state index contributed by atoms with van der Waals surface area (Å²) in [5, 5.41) is 3.61. The van der Waals surface area contributed by atoms with Crippen LogP contribution in [-0.2, 0) is 4.74 Å². The zero-order valence-corrected chi connectivity index (χ0v) is 13.6. The molecule has 0 aromatic heterocycles. The lowest BCUT2D eigenvalue weighted by Gasteiger charge is -2.34. The van der Waals surface area contributed by atoms with Crippen molar-refractivity contribution in [1.82, 2.24) is 10.2 Å². The predicted octanol–water partition coefficient (Wildman–Crippen LogP) is 3.05. The minimum atomic E-state index is 0.690. The average Bonchev–Trinajstić information content (AvgIpc) is 3.11. The minimum Gasteiger partial charge on any atom is -0.382 e. The van der Waals surface area contributed by atoms with Gasteiger partial charge in [0.15, 0.2) is 0 Å². The van der Waals surface area contributed by atoms with Crippen molar-refractivity contribution < 1.29 is 4.74 Å². The average molecular weight is 282 g/mol. The van der Waals surface area contributed by atoms with Gasteiger partial charge in [-0.05, 0) is 65.0 Å². The zero-order chi connectivity index (χ0) is 14.2. The van der Waals surface area contributed by atoms with Crippen LogP contribution in [0, 0.1) is 5.92 Å². The molecule has 2 fully saturated rings. The number of rotatable bonds is 9. The molecule has 3 nitrogen and oxygen atoms in total. The van der Waals surface area contributed by atoms with Gasteiger partial charge in [0.05, 0.1) is 0 Å². The first-order valence-electron chi connectivity index (χ1n) is 8.87. The highest BCUT2D eigenvalue weighted by Gasteiger charge is 2.35. The Balaban J connectivity index is 1.64. The summed E-state index contributed by atoms with van der Waals surface area (Å²) in [5.74, 6) is 0.998. The highest BCUT2D eigenvalue weighted by molar-refractivity contribution is 4.90. The summed E-state index contributed by atoms with van der Waals surface area (Å²) in [4.78, 5) is 2.80. The molecule has 2 unspecified atom stereocenters. The van der Waals surface area contributed by atoms with E-state index < -0.39 is 0 Å². The van der Waals surface area contributed by atoms with Crippen LogP contribution >= 0.6 is 0 Å². The third kappa shape index (κ3) is 4.71. The molecule has 2 atom stereocenters. The van der Waals surface area contributed by atoms with E-state index in [2.05, 4.69) is 24.1 Å². The fraction of sp³-hybridized carbons (Fsp3) is 1.00. The van der Waals surface area contributed by atoms with E-state index in [1.54, 1.807) is 0 Å². The van der Waals surface area contributed by atoms with Crippen molar-refractivity contribution >= 4 is 0 Å². The molecule has 1 saturated carbocycles. The predicted molar refractivity (Wildman–Crippen MR) is 85.1 cm³/mol. The van der Waals surface area contributed by atoms with Crippen molar-refractivity contribution in [1.29, 1.82) is 0 Å². The maximum absolute atomic E-state index is 5.37. The number of likely N-dealkylation sites (tertiary alicyclic amines) is 1. The first-order valence-corrected chi connectivity index (χ1v) is 8.87. The molecular formula is C17H34N2O. The van der Waals surface area contributed by atoms with Crippen molar-refractivity contribution in [2.45, 2.75) is 70.9 Å². The SMILES string of the molecule is CCOCCCNCC(C)N1CCCC1C1CCCC1. The molecule has 0 spiro atoms. The number of ether oxygens (including phenoxy) is 1. The number of hydrogen-bond acceptors (Lipinski definition) is 3. The maximum Gasteiger partial charge on any atom is 0.0477 e. The molecule has 1 heterocycles. The number of nitrogens with one attached hydrogen (secondary N) is 1. The molecule has 2 rings (SSSR count). The van der Waals surface area contributed by atoms with E-state index in [0.29, 0.717) is 6.04 Å². The standard InChI is InChI=1S/C17H34N2O/c1-3-20-13-7-11-18-14-15(2)19-12-6-10-17(19)16-8-4-5-9-16/h15-18H,3-14H2,1-2H3. The van der Waals surface area contributed by atoms with Crippen molar-refractivity contribution in [2.75, 3.05) is 32.8 Å². The second kappa shape index (κ2) is 9.01. The van der Waals surface area contributed by atoms with Gasteiger partial charge in [-0.25, -0.2) is 0 Å². The second-order valence-electron chi connectivity index (χ2n) is 6.60. The van der Waals surface area contributed by atoms with Gasteiger partial charge in [0, 0.05) is 31.8 Å². The molecule has 118 valence electrons. The van der Waals surface area contributed by atoms with Crippen LogP contribution in [0.1, 0.15) is 58.8 Å². The van der Waals surface area contributed by atoms with Gasteiger partial charge in [0.1, 0.15) is 0 Å². The van der Waals surface area contributed by atoms with Gasteiger partial charge in [0.2, 0.25) is 0 Å². The normalized spacial score (nSPS) is 26.4. The molecule has 1 N–H and O–H groups in total. The Labute approximate surface area is 125 Å². The monoisotopic (exact) mass is 282 g/mol. The highest BCUT2D eigenvalue weighted by Crippen LogP contribution is 2.36. The van der Waals surface area contributed by atoms with E-state index >= 15 is 0 Å². The Morgan fingerprint density at radius 3 is 2.75 bits per heavy atom. The Morgan fingerprint density at radius 2 is 2.00 bits per heavy atom. The lowest BCUT2D eigenvalue weighted by molar-refractivity contribution is 0.135. The van der Waals surface area contributed by atoms with Gasteiger partial charge in [-0.3, -0.25) is 4.90 Å². The van der Waals surface area contributed by atoms with Gasteiger partial charge in [-0.2, -0.15) is 0 Å². The molecule has 3 heteroatoms. The first-order chi connectivity index (χ1) is 9.83. The Morgan fingerprint density at radius 1 is 1.20 bits per heavy atom. The molecule has 0 aromatic carbocycles. The van der Waals surface area contributed by atoms with E-state index in [-0.39, 0.29) is 0 Å². The third-order valence-electron chi connectivity index (χ3n) is 5.14. The topological polar surface area (TPSA) is 24.5 Å². The molecule has 0 bridgehead atoms. The largest absolute Gasteiger partial charge is 0.382 e. The molecule has 0 aromatic rings.